The normalized spacial score (nSPS) is 13.6. The average Bonchev–Trinajstić information content (AvgIpc) is 3.31. The van der Waals surface area contributed by atoms with Gasteiger partial charge < -0.3 is 19.7 Å². The highest BCUT2D eigenvalue weighted by molar-refractivity contribution is 5.80. The zero-order valence-corrected chi connectivity index (χ0v) is 18.3. The first-order valence-electron chi connectivity index (χ1n) is 10.4. The van der Waals surface area contributed by atoms with Crippen molar-refractivity contribution in [3.8, 4) is 11.5 Å². The van der Waals surface area contributed by atoms with Crippen LogP contribution in [-0.4, -0.2) is 48.5 Å². The van der Waals surface area contributed by atoms with Crippen molar-refractivity contribution in [3.05, 3.63) is 77.1 Å². The van der Waals surface area contributed by atoms with E-state index in [0.29, 0.717) is 0 Å². The molecule has 1 N–H and O–H groups in total. The molecule has 0 amide bonds. The molecular formula is C24H29N5O2. The summed E-state index contributed by atoms with van der Waals surface area (Å²) in [5, 5.41) is 7.81. The lowest BCUT2D eigenvalue weighted by Crippen LogP contribution is -2.43. The molecule has 7 nitrogen and oxygen atoms in total. The van der Waals surface area contributed by atoms with Crippen LogP contribution in [0, 0.1) is 0 Å². The van der Waals surface area contributed by atoms with E-state index in [0.717, 1.165) is 50.1 Å². The van der Waals surface area contributed by atoms with Crippen LogP contribution >= 0.6 is 0 Å². The van der Waals surface area contributed by atoms with Crippen LogP contribution in [0.15, 0.2) is 59.9 Å². The smallest absolute Gasteiger partial charge is 0.194 e. The van der Waals surface area contributed by atoms with E-state index < -0.39 is 0 Å². The summed E-state index contributed by atoms with van der Waals surface area (Å²) in [5.74, 6) is 2.45. The molecule has 0 radical (unpaired) electrons. The van der Waals surface area contributed by atoms with E-state index in [2.05, 4.69) is 56.7 Å². The van der Waals surface area contributed by atoms with Crippen LogP contribution in [-0.2, 0) is 26.1 Å². The van der Waals surface area contributed by atoms with Crippen LogP contribution in [0.4, 0.5) is 0 Å². The van der Waals surface area contributed by atoms with E-state index in [9.17, 15) is 0 Å². The van der Waals surface area contributed by atoms with E-state index in [1.165, 1.54) is 22.3 Å². The summed E-state index contributed by atoms with van der Waals surface area (Å²) in [6, 6.07) is 14.7. The molecule has 0 saturated carbocycles. The molecule has 2 heterocycles. The molecule has 162 valence electrons. The topological polar surface area (TPSA) is 63.9 Å². The molecular weight excluding hydrogens is 390 g/mol. The van der Waals surface area contributed by atoms with Crippen LogP contribution in [0.2, 0.25) is 0 Å². The molecule has 2 aromatic carbocycles. The molecule has 1 aromatic heterocycles. The Labute approximate surface area is 183 Å². The first kappa shape index (κ1) is 20.8. The molecule has 3 aromatic rings. The van der Waals surface area contributed by atoms with Crippen LogP contribution < -0.4 is 14.8 Å². The van der Waals surface area contributed by atoms with Gasteiger partial charge in [-0.15, -0.1) is 0 Å². The number of ether oxygens (including phenoxy) is 2. The van der Waals surface area contributed by atoms with Gasteiger partial charge in [0.15, 0.2) is 17.5 Å². The predicted molar refractivity (Wildman–Crippen MR) is 122 cm³/mol. The maximum Gasteiger partial charge on any atom is 0.194 e. The average molecular weight is 420 g/mol. The van der Waals surface area contributed by atoms with Crippen molar-refractivity contribution in [3.63, 3.8) is 0 Å². The van der Waals surface area contributed by atoms with Gasteiger partial charge in [0.25, 0.3) is 0 Å². The number of hydrogen-bond donors (Lipinski definition) is 1. The number of rotatable bonds is 6. The number of hydrogen-bond acceptors (Lipinski definition) is 4. The Bertz CT molecular complexity index is 1050. The molecule has 0 unspecified atom stereocenters. The zero-order valence-electron chi connectivity index (χ0n) is 18.3. The fraction of sp³-hybridized carbons (Fsp3) is 0.333. The summed E-state index contributed by atoms with van der Waals surface area (Å²) in [4.78, 5) is 6.80. The summed E-state index contributed by atoms with van der Waals surface area (Å²) in [7, 11) is 5.18. The van der Waals surface area contributed by atoms with Gasteiger partial charge in [0.2, 0.25) is 0 Å². The van der Waals surface area contributed by atoms with Crippen LogP contribution in [0.3, 0.4) is 0 Å². The highest BCUT2D eigenvalue weighted by Gasteiger charge is 2.21. The van der Waals surface area contributed by atoms with Gasteiger partial charge in [0, 0.05) is 39.1 Å². The highest BCUT2D eigenvalue weighted by atomic mass is 16.5. The number of nitrogens with zero attached hydrogens (tertiary/aromatic N) is 4. The van der Waals surface area contributed by atoms with E-state index in [-0.39, 0.29) is 0 Å². The maximum absolute atomic E-state index is 5.48. The summed E-state index contributed by atoms with van der Waals surface area (Å²) in [5.41, 5.74) is 4.99. The van der Waals surface area contributed by atoms with Crippen LogP contribution in [0.1, 0.15) is 22.3 Å². The van der Waals surface area contributed by atoms with Crippen molar-refractivity contribution >= 4 is 5.96 Å². The molecule has 0 bridgehead atoms. The second-order valence-corrected chi connectivity index (χ2v) is 7.57. The van der Waals surface area contributed by atoms with E-state index in [1.54, 1.807) is 20.4 Å². The third-order valence-electron chi connectivity index (χ3n) is 5.58. The lowest BCUT2D eigenvalue weighted by molar-refractivity contribution is 0.346. The summed E-state index contributed by atoms with van der Waals surface area (Å²) >= 11 is 0. The van der Waals surface area contributed by atoms with E-state index >= 15 is 0 Å². The van der Waals surface area contributed by atoms with Gasteiger partial charge in [0.05, 0.1) is 20.8 Å². The SMILES string of the molecule is CN=C(NCc1cccc(Cn2cccn2)c1)N1CCc2cc(OC)c(OC)cc2C1. The monoisotopic (exact) mass is 419 g/mol. The Kier molecular flexibility index (Phi) is 6.40. The van der Waals surface area contributed by atoms with Crippen molar-refractivity contribution in [1.29, 1.82) is 0 Å². The number of guanidine groups is 1. The van der Waals surface area contributed by atoms with E-state index in [1.807, 2.05) is 24.0 Å². The van der Waals surface area contributed by atoms with Crippen molar-refractivity contribution in [2.24, 2.45) is 4.99 Å². The minimum absolute atomic E-state index is 0.717. The van der Waals surface area contributed by atoms with Gasteiger partial charge >= 0.3 is 0 Å². The predicted octanol–water partition coefficient (Wildman–Crippen LogP) is 3.08. The van der Waals surface area contributed by atoms with Gasteiger partial charge in [-0.25, -0.2) is 0 Å². The summed E-state index contributed by atoms with van der Waals surface area (Å²) < 4.78 is 12.9. The Morgan fingerprint density at radius 1 is 1.06 bits per heavy atom. The largest absolute Gasteiger partial charge is 0.493 e. The van der Waals surface area contributed by atoms with Gasteiger partial charge in [-0.1, -0.05) is 24.3 Å². The van der Waals surface area contributed by atoms with E-state index in [4.69, 9.17) is 9.47 Å². The van der Waals surface area contributed by atoms with Gasteiger partial charge in [-0.3, -0.25) is 9.67 Å². The summed E-state index contributed by atoms with van der Waals surface area (Å²) in [6.07, 6.45) is 4.72. The van der Waals surface area contributed by atoms with Crippen molar-refractivity contribution in [1.82, 2.24) is 20.0 Å². The minimum Gasteiger partial charge on any atom is -0.493 e. The molecule has 4 rings (SSSR count). The number of nitrogens with one attached hydrogen (secondary N) is 1. The molecule has 0 aliphatic carbocycles. The molecule has 31 heavy (non-hydrogen) atoms. The molecule has 1 aliphatic heterocycles. The Balaban J connectivity index is 1.41. The molecule has 7 heteroatoms. The Morgan fingerprint density at radius 2 is 1.84 bits per heavy atom. The van der Waals surface area contributed by atoms with Crippen molar-refractivity contribution < 1.29 is 9.47 Å². The third-order valence-corrected chi connectivity index (χ3v) is 5.58. The van der Waals surface area contributed by atoms with Gasteiger partial charge in [0.1, 0.15) is 0 Å². The quantitative estimate of drug-likeness (QED) is 0.491. The standard InChI is InChI=1S/C24H29N5O2/c1-25-24(26-15-18-6-4-7-19(12-18)16-29-10-5-9-27-29)28-11-8-20-13-22(30-2)23(31-3)14-21(20)17-28/h4-7,9-10,12-14H,8,11,15-17H2,1-3H3,(H,25,26). The second-order valence-electron chi connectivity index (χ2n) is 7.57. The molecule has 0 atom stereocenters. The van der Waals surface area contributed by atoms with Crippen molar-refractivity contribution in [2.45, 2.75) is 26.1 Å². The lowest BCUT2D eigenvalue weighted by atomic mass is 9.99. The number of fused-ring (bicyclic) bond motifs is 1. The zero-order chi connectivity index (χ0) is 21.6. The second kappa shape index (κ2) is 9.55. The molecule has 0 spiro atoms. The first-order chi connectivity index (χ1) is 15.2. The first-order valence-corrected chi connectivity index (χ1v) is 10.4. The maximum atomic E-state index is 5.48. The lowest BCUT2D eigenvalue weighted by Gasteiger charge is -2.32. The number of benzene rings is 2. The minimum atomic E-state index is 0.717. The number of methoxy groups -OCH3 is 2. The van der Waals surface area contributed by atoms with Crippen molar-refractivity contribution in [2.75, 3.05) is 27.8 Å². The Morgan fingerprint density at radius 3 is 2.55 bits per heavy atom. The fourth-order valence-electron chi connectivity index (χ4n) is 4.00. The Hall–Kier alpha value is -3.48. The summed E-state index contributed by atoms with van der Waals surface area (Å²) in [6.45, 7) is 3.18. The molecule has 0 saturated heterocycles. The number of aliphatic imine (C=N–C) groups is 1. The number of aromatic nitrogens is 2. The molecule has 1 aliphatic rings. The van der Waals surface area contributed by atoms with Gasteiger partial charge in [-0.05, 0) is 46.9 Å². The fourth-order valence-corrected chi connectivity index (χ4v) is 4.00. The molecule has 0 fully saturated rings. The van der Waals surface area contributed by atoms with Crippen LogP contribution in [0.25, 0.3) is 0 Å². The third kappa shape index (κ3) is 4.82. The van der Waals surface area contributed by atoms with Crippen LogP contribution in [0.5, 0.6) is 11.5 Å². The van der Waals surface area contributed by atoms with Gasteiger partial charge in [-0.2, -0.15) is 5.10 Å². The highest BCUT2D eigenvalue weighted by Crippen LogP contribution is 2.33.